The molecule has 0 saturated heterocycles. The lowest BCUT2D eigenvalue weighted by Crippen LogP contribution is -2.60. The first-order valence-corrected chi connectivity index (χ1v) is 8.79. The van der Waals surface area contributed by atoms with Crippen LogP contribution in [0.3, 0.4) is 0 Å². The molecule has 6 atom stereocenters. The molecule has 2 aliphatic carbocycles. The van der Waals surface area contributed by atoms with Crippen LogP contribution in [0.1, 0.15) is 25.0 Å². The van der Waals surface area contributed by atoms with Gasteiger partial charge in [-0.3, -0.25) is 4.79 Å². The molecule has 2 aliphatic rings. The third-order valence-electron chi connectivity index (χ3n) is 6.11. The van der Waals surface area contributed by atoms with Gasteiger partial charge >= 0.3 is 11.9 Å². The molecule has 2 aromatic carbocycles. The molecular weight excluding hydrogens is 353 g/mol. The minimum atomic E-state index is -2.58. The van der Waals surface area contributed by atoms with Gasteiger partial charge in [-0.15, -0.1) is 0 Å². The molecule has 0 aliphatic heterocycles. The monoisotopic (exact) mass is 373 g/mol. The average Bonchev–Trinajstić information content (AvgIpc) is 3.12. The molecule has 2 saturated carbocycles. The fraction of sp³-hybridized carbons (Fsp3) is 0.400. The minimum Gasteiger partial charge on any atom is -0.480 e. The van der Waals surface area contributed by atoms with E-state index in [1.807, 2.05) is 42.5 Å². The molecule has 0 spiro atoms. The topological polar surface area (TPSA) is 110 Å². The van der Waals surface area contributed by atoms with Crippen LogP contribution < -0.4 is 5.73 Å². The highest BCUT2D eigenvalue weighted by Gasteiger charge is 2.85. The molecule has 4 rings (SSSR count). The Morgan fingerprint density at radius 1 is 1.19 bits per heavy atom. The number of aliphatic carboxylic acids is 2. The SMILES string of the molecule is CC(OC1CC2C([C@]1(N)C(=O)O)[C@@]2(F)C(=O)O)c1ccc2ccccc2c1. The predicted molar refractivity (Wildman–Crippen MR) is 94.9 cm³/mol. The highest BCUT2D eigenvalue weighted by molar-refractivity contribution is 5.90. The Balaban J connectivity index is 1.58. The number of fused-ring (bicyclic) bond motifs is 2. The zero-order valence-corrected chi connectivity index (χ0v) is 14.6. The summed E-state index contributed by atoms with van der Waals surface area (Å²) in [4.78, 5) is 23.0. The average molecular weight is 373 g/mol. The maximum absolute atomic E-state index is 14.6. The summed E-state index contributed by atoms with van der Waals surface area (Å²) in [6, 6.07) is 13.6. The van der Waals surface area contributed by atoms with Crippen molar-refractivity contribution < 1.29 is 28.9 Å². The Bertz CT molecular complexity index is 949. The Hall–Kier alpha value is -2.51. The Kier molecular flexibility index (Phi) is 3.80. The van der Waals surface area contributed by atoms with Crippen molar-refractivity contribution >= 4 is 22.7 Å². The number of hydrogen-bond donors (Lipinski definition) is 3. The fourth-order valence-electron chi connectivity index (χ4n) is 4.56. The molecule has 142 valence electrons. The molecule has 4 unspecified atom stereocenters. The van der Waals surface area contributed by atoms with E-state index in [1.165, 1.54) is 0 Å². The number of hydrogen-bond acceptors (Lipinski definition) is 4. The number of carboxylic acid groups (broad SMARTS) is 2. The first-order chi connectivity index (χ1) is 12.7. The van der Waals surface area contributed by atoms with E-state index in [9.17, 15) is 19.1 Å². The number of carbonyl (C=O) groups is 2. The van der Waals surface area contributed by atoms with Gasteiger partial charge in [0.1, 0.15) is 5.54 Å². The molecule has 6 nitrogen and oxygen atoms in total. The van der Waals surface area contributed by atoms with Gasteiger partial charge in [-0.25, -0.2) is 9.18 Å². The van der Waals surface area contributed by atoms with E-state index in [0.29, 0.717) is 0 Å². The minimum absolute atomic E-state index is 0.0335. The van der Waals surface area contributed by atoms with Crippen LogP contribution in [-0.2, 0) is 14.3 Å². The lowest BCUT2D eigenvalue weighted by atomic mass is 9.87. The third-order valence-corrected chi connectivity index (χ3v) is 6.11. The Morgan fingerprint density at radius 2 is 1.85 bits per heavy atom. The van der Waals surface area contributed by atoms with E-state index in [1.54, 1.807) is 6.92 Å². The predicted octanol–water partition coefficient (Wildman–Crippen LogP) is 2.51. The van der Waals surface area contributed by atoms with Crippen LogP contribution in [0.2, 0.25) is 0 Å². The fourth-order valence-corrected chi connectivity index (χ4v) is 4.56. The first-order valence-electron chi connectivity index (χ1n) is 8.79. The van der Waals surface area contributed by atoms with Crippen LogP contribution in [0.5, 0.6) is 0 Å². The normalized spacial score (nSPS) is 35.6. The molecule has 4 N–H and O–H groups in total. The van der Waals surface area contributed by atoms with E-state index in [0.717, 1.165) is 16.3 Å². The highest BCUT2D eigenvalue weighted by atomic mass is 19.1. The van der Waals surface area contributed by atoms with Gasteiger partial charge in [0.2, 0.25) is 5.67 Å². The summed E-state index contributed by atoms with van der Waals surface area (Å²) in [6.45, 7) is 1.77. The van der Waals surface area contributed by atoms with Crippen LogP contribution in [0.4, 0.5) is 4.39 Å². The van der Waals surface area contributed by atoms with Gasteiger partial charge in [-0.05, 0) is 35.7 Å². The molecular formula is C20H20FNO5. The van der Waals surface area contributed by atoms with Crippen LogP contribution in [0.15, 0.2) is 42.5 Å². The van der Waals surface area contributed by atoms with Gasteiger partial charge in [-0.1, -0.05) is 36.4 Å². The summed E-state index contributed by atoms with van der Waals surface area (Å²) < 4.78 is 20.5. The number of rotatable bonds is 5. The Morgan fingerprint density at radius 3 is 2.48 bits per heavy atom. The van der Waals surface area contributed by atoms with E-state index in [2.05, 4.69) is 0 Å². The number of nitrogens with two attached hydrogens (primary N) is 1. The first kappa shape index (κ1) is 17.9. The molecule has 0 aromatic heterocycles. The summed E-state index contributed by atoms with van der Waals surface area (Å²) in [5.74, 6) is -5.32. The maximum Gasteiger partial charge on any atom is 0.342 e. The van der Waals surface area contributed by atoms with Crippen molar-refractivity contribution in [2.45, 2.75) is 36.8 Å². The molecule has 2 fully saturated rings. The Labute approximate surface area is 154 Å². The maximum atomic E-state index is 14.6. The number of benzene rings is 2. The van der Waals surface area contributed by atoms with Crippen molar-refractivity contribution in [3.8, 4) is 0 Å². The largest absolute Gasteiger partial charge is 0.480 e. The van der Waals surface area contributed by atoms with Gasteiger partial charge in [0.15, 0.2) is 0 Å². The van der Waals surface area contributed by atoms with Gasteiger partial charge in [-0.2, -0.15) is 0 Å². The van der Waals surface area contributed by atoms with Crippen LogP contribution >= 0.6 is 0 Å². The summed E-state index contributed by atoms with van der Waals surface area (Å²) in [5, 5.41) is 20.8. The molecule has 0 radical (unpaired) electrons. The smallest absolute Gasteiger partial charge is 0.342 e. The number of carboxylic acids is 2. The lowest BCUT2D eigenvalue weighted by Gasteiger charge is -2.33. The second-order valence-electron chi connectivity index (χ2n) is 7.50. The van der Waals surface area contributed by atoms with Crippen molar-refractivity contribution in [3.05, 3.63) is 48.0 Å². The third kappa shape index (κ3) is 2.38. The van der Waals surface area contributed by atoms with Gasteiger partial charge < -0.3 is 20.7 Å². The number of halogens is 1. The quantitative estimate of drug-likeness (QED) is 0.743. The van der Waals surface area contributed by atoms with Gasteiger partial charge in [0.05, 0.1) is 12.2 Å². The molecule has 7 heteroatoms. The summed E-state index contributed by atoms with van der Waals surface area (Å²) in [7, 11) is 0. The molecule has 0 bridgehead atoms. The van der Waals surface area contributed by atoms with Crippen LogP contribution in [-0.4, -0.2) is 39.5 Å². The van der Waals surface area contributed by atoms with Crippen LogP contribution in [0.25, 0.3) is 10.8 Å². The molecule has 2 aromatic rings. The van der Waals surface area contributed by atoms with E-state index in [-0.39, 0.29) is 6.42 Å². The zero-order valence-electron chi connectivity index (χ0n) is 14.6. The number of alkyl halides is 1. The standard InChI is InChI=1S/C20H20FNO5/c1-10(12-7-6-11-4-2-3-5-13(11)8-12)27-15-9-14-16(19(14,21)17(23)24)20(15,22)18(25)26/h2-8,10,14-16H,9,22H2,1H3,(H,23,24)(H,25,26)/t10?,14?,15?,16?,19-,20+/m1/s1. The zero-order chi connectivity index (χ0) is 19.6. The highest BCUT2D eigenvalue weighted by Crippen LogP contribution is 2.67. The second kappa shape index (κ2) is 5.74. The van der Waals surface area contributed by atoms with Gasteiger partial charge in [0, 0.05) is 11.8 Å². The van der Waals surface area contributed by atoms with Crippen molar-refractivity contribution in [2.24, 2.45) is 17.6 Å². The lowest BCUT2D eigenvalue weighted by molar-refractivity contribution is -0.158. The molecule has 0 heterocycles. The van der Waals surface area contributed by atoms with Crippen molar-refractivity contribution in [2.75, 3.05) is 0 Å². The van der Waals surface area contributed by atoms with Gasteiger partial charge in [0.25, 0.3) is 0 Å². The second-order valence-corrected chi connectivity index (χ2v) is 7.50. The van der Waals surface area contributed by atoms with E-state index in [4.69, 9.17) is 15.6 Å². The molecule has 0 amide bonds. The summed E-state index contributed by atoms with van der Waals surface area (Å²) in [6.07, 6.45) is -1.47. The summed E-state index contributed by atoms with van der Waals surface area (Å²) >= 11 is 0. The van der Waals surface area contributed by atoms with E-state index < -0.39 is 47.2 Å². The van der Waals surface area contributed by atoms with Crippen molar-refractivity contribution in [3.63, 3.8) is 0 Å². The van der Waals surface area contributed by atoms with Crippen molar-refractivity contribution in [1.82, 2.24) is 0 Å². The number of ether oxygens (including phenoxy) is 1. The molecule has 27 heavy (non-hydrogen) atoms. The van der Waals surface area contributed by atoms with E-state index >= 15 is 0 Å². The summed E-state index contributed by atoms with van der Waals surface area (Å²) in [5.41, 5.74) is 2.22. The van der Waals surface area contributed by atoms with Crippen LogP contribution in [0, 0.1) is 11.8 Å². The van der Waals surface area contributed by atoms with Crippen molar-refractivity contribution in [1.29, 1.82) is 0 Å².